The molecule has 5 nitrogen and oxygen atoms in total. The summed E-state index contributed by atoms with van der Waals surface area (Å²) in [6.07, 6.45) is 5.19. The highest BCUT2D eigenvalue weighted by atomic mass is 16.5. The van der Waals surface area contributed by atoms with Crippen molar-refractivity contribution in [2.24, 2.45) is 0 Å². The molecule has 5 heteroatoms. The number of esters is 1. The summed E-state index contributed by atoms with van der Waals surface area (Å²) in [5.41, 5.74) is 0.374. The SMILES string of the molecule is CCOC(=O)c1c(C=O)ccnc1OC1CCC1. The van der Waals surface area contributed by atoms with E-state index in [-0.39, 0.29) is 29.7 Å². The summed E-state index contributed by atoms with van der Waals surface area (Å²) >= 11 is 0. The topological polar surface area (TPSA) is 65.5 Å². The van der Waals surface area contributed by atoms with E-state index >= 15 is 0 Å². The van der Waals surface area contributed by atoms with Gasteiger partial charge in [-0.15, -0.1) is 0 Å². The van der Waals surface area contributed by atoms with Crippen LogP contribution in [0.25, 0.3) is 0 Å². The lowest BCUT2D eigenvalue weighted by Gasteiger charge is -2.26. The van der Waals surface area contributed by atoms with Gasteiger partial charge >= 0.3 is 5.97 Å². The number of nitrogens with zero attached hydrogens (tertiary/aromatic N) is 1. The van der Waals surface area contributed by atoms with E-state index < -0.39 is 5.97 Å². The van der Waals surface area contributed by atoms with E-state index in [1.54, 1.807) is 6.92 Å². The summed E-state index contributed by atoms with van der Waals surface area (Å²) in [6.45, 7) is 1.95. The molecule has 0 amide bonds. The fourth-order valence-corrected chi connectivity index (χ4v) is 1.70. The molecule has 0 unspecified atom stereocenters. The molecule has 96 valence electrons. The molecule has 1 aromatic rings. The number of aromatic nitrogens is 1. The Kier molecular flexibility index (Phi) is 3.92. The molecule has 1 heterocycles. The average molecular weight is 249 g/mol. The first-order valence-corrected chi connectivity index (χ1v) is 6.04. The Balaban J connectivity index is 2.30. The van der Waals surface area contributed by atoms with E-state index in [2.05, 4.69) is 4.98 Å². The van der Waals surface area contributed by atoms with Crippen molar-refractivity contribution >= 4 is 12.3 Å². The van der Waals surface area contributed by atoms with Gasteiger partial charge < -0.3 is 9.47 Å². The van der Waals surface area contributed by atoms with Gasteiger partial charge in [-0.05, 0) is 32.3 Å². The molecule has 0 bridgehead atoms. The summed E-state index contributed by atoms with van der Waals surface area (Å²) in [7, 11) is 0. The fraction of sp³-hybridized carbons (Fsp3) is 0.462. The molecule has 0 radical (unpaired) electrons. The molecule has 1 fully saturated rings. The first-order chi connectivity index (χ1) is 8.76. The van der Waals surface area contributed by atoms with Crippen LogP contribution >= 0.6 is 0 Å². The molecule has 0 N–H and O–H groups in total. The van der Waals surface area contributed by atoms with Crippen LogP contribution in [-0.4, -0.2) is 30.0 Å². The van der Waals surface area contributed by atoms with Crippen molar-refractivity contribution in [1.29, 1.82) is 0 Å². The Morgan fingerprint density at radius 2 is 2.33 bits per heavy atom. The van der Waals surface area contributed by atoms with Gasteiger partial charge in [0.15, 0.2) is 6.29 Å². The molecule has 0 aromatic carbocycles. The zero-order valence-corrected chi connectivity index (χ0v) is 10.2. The third kappa shape index (κ3) is 2.50. The van der Waals surface area contributed by atoms with Crippen molar-refractivity contribution in [2.45, 2.75) is 32.3 Å². The van der Waals surface area contributed by atoms with Crippen molar-refractivity contribution in [3.63, 3.8) is 0 Å². The second kappa shape index (κ2) is 5.62. The van der Waals surface area contributed by atoms with Crippen LogP contribution in [-0.2, 0) is 4.74 Å². The van der Waals surface area contributed by atoms with Crippen molar-refractivity contribution in [3.05, 3.63) is 23.4 Å². The van der Waals surface area contributed by atoms with Crippen molar-refractivity contribution in [2.75, 3.05) is 6.61 Å². The Bertz CT molecular complexity index is 454. The lowest BCUT2D eigenvalue weighted by Crippen LogP contribution is -2.26. The number of hydrogen-bond donors (Lipinski definition) is 0. The molecule has 18 heavy (non-hydrogen) atoms. The summed E-state index contributed by atoms with van der Waals surface area (Å²) < 4.78 is 10.5. The number of rotatable bonds is 5. The van der Waals surface area contributed by atoms with E-state index in [4.69, 9.17) is 9.47 Å². The lowest BCUT2D eigenvalue weighted by atomic mass is 9.96. The summed E-state index contributed by atoms with van der Waals surface area (Å²) in [5.74, 6) is -0.371. The Hall–Kier alpha value is -1.91. The zero-order valence-electron chi connectivity index (χ0n) is 10.2. The number of aldehydes is 1. The van der Waals surface area contributed by atoms with Gasteiger partial charge in [-0.25, -0.2) is 9.78 Å². The third-order valence-electron chi connectivity index (χ3n) is 2.89. The van der Waals surface area contributed by atoms with Crippen molar-refractivity contribution in [3.8, 4) is 5.88 Å². The average Bonchev–Trinajstić information content (AvgIpc) is 2.33. The van der Waals surface area contributed by atoms with Crippen LogP contribution in [0.5, 0.6) is 5.88 Å². The Morgan fingerprint density at radius 3 is 2.89 bits per heavy atom. The molecule has 2 rings (SSSR count). The molecule has 0 atom stereocenters. The van der Waals surface area contributed by atoms with Crippen LogP contribution in [0, 0.1) is 0 Å². The monoisotopic (exact) mass is 249 g/mol. The van der Waals surface area contributed by atoms with Crippen molar-refractivity contribution in [1.82, 2.24) is 4.98 Å². The molecule has 1 aromatic heterocycles. The normalized spacial score (nSPS) is 14.7. The molecular formula is C13H15NO4. The van der Waals surface area contributed by atoms with Gasteiger partial charge in [0.1, 0.15) is 11.7 Å². The highest BCUT2D eigenvalue weighted by molar-refractivity contribution is 6.00. The summed E-state index contributed by atoms with van der Waals surface area (Å²) in [6, 6.07) is 1.48. The molecular weight excluding hydrogens is 234 g/mol. The minimum absolute atomic E-state index is 0.0904. The van der Waals surface area contributed by atoms with Crippen LogP contribution in [0.15, 0.2) is 12.3 Å². The fourth-order valence-electron chi connectivity index (χ4n) is 1.70. The maximum atomic E-state index is 11.8. The van der Waals surface area contributed by atoms with Crippen LogP contribution in [0.4, 0.5) is 0 Å². The molecule has 0 spiro atoms. The van der Waals surface area contributed by atoms with Gasteiger partial charge in [-0.2, -0.15) is 0 Å². The van der Waals surface area contributed by atoms with Gasteiger partial charge in [-0.3, -0.25) is 4.79 Å². The quantitative estimate of drug-likeness (QED) is 0.590. The maximum Gasteiger partial charge on any atom is 0.344 e. The maximum absolute atomic E-state index is 11.8. The van der Waals surface area contributed by atoms with Gasteiger partial charge in [0.2, 0.25) is 5.88 Å². The largest absolute Gasteiger partial charge is 0.474 e. The van der Waals surface area contributed by atoms with Crippen LogP contribution in [0.2, 0.25) is 0 Å². The van der Waals surface area contributed by atoms with Crippen LogP contribution in [0.1, 0.15) is 46.9 Å². The Morgan fingerprint density at radius 1 is 1.56 bits per heavy atom. The van der Waals surface area contributed by atoms with E-state index in [9.17, 15) is 9.59 Å². The standard InChI is InChI=1S/C13H15NO4/c1-2-17-13(16)11-9(8-15)6-7-14-12(11)18-10-4-3-5-10/h6-8,10H,2-5H2,1H3. The van der Waals surface area contributed by atoms with Gasteiger partial charge in [-0.1, -0.05) is 0 Å². The number of carbonyl (C=O) groups is 2. The molecule has 0 saturated heterocycles. The van der Waals surface area contributed by atoms with Crippen LogP contribution < -0.4 is 4.74 Å². The number of pyridine rings is 1. The second-order valence-corrected chi connectivity index (χ2v) is 4.09. The first-order valence-electron chi connectivity index (χ1n) is 6.04. The zero-order chi connectivity index (χ0) is 13.0. The molecule has 1 saturated carbocycles. The summed E-state index contributed by atoms with van der Waals surface area (Å²) in [4.78, 5) is 26.8. The van der Waals surface area contributed by atoms with Crippen LogP contribution in [0.3, 0.4) is 0 Å². The smallest absolute Gasteiger partial charge is 0.344 e. The highest BCUT2D eigenvalue weighted by Crippen LogP contribution is 2.27. The van der Waals surface area contributed by atoms with Crippen molar-refractivity contribution < 1.29 is 19.1 Å². The predicted molar refractivity (Wildman–Crippen MR) is 63.8 cm³/mol. The molecule has 0 aliphatic heterocycles. The Labute approximate surface area is 105 Å². The number of hydrogen-bond acceptors (Lipinski definition) is 5. The van der Waals surface area contributed by atoms with E-state index in [1.807, 2.05) is 0 Å². The predicted octanol–water partition coefficient (Wildman–Crippen LogP) is 2.00. The second-order valence-electron chi connectivity index (χ2n) is 4.09. The number of carbonyl (C=O) groups excluding carboxylic acids is 2. The van der Waals surface area contributed by atoms with Gasteiger partial charge in [0, 0.05) is 11.8 Å². The highest BCUT2D eigenvalue weighted by Gasteiger charge is 2.25. The van der Waals surface area contributed by atoms with E-state index in [0.29, 0.717) is 6.29 Å². The molecule has 1 aliphatic carbocycles. The van der Waals surface area contributed by atoms with Gasteiger partial charge in [0.25, 0.3) is 0 Å². The van der Waals surface area contributed by atoms with Gasteiger partial charge in [0.05, 0.1) is 6.61 Å². The summed E-state index contributed by atoms with van der Waals surface area (Å²) in [5, 5.41) is 0. The first kappa shape index (κ1) is 12.5. The van der Waals surface area contributed by atoms with E-state index in [1.165, 1.54) is 12.3 Å². The molecule has 1 aliphatic rings. The number of ether oxygens (including phenoxy) is 2. The van der Waals surface area contributed by atoms with E-state index in [0.717, 1.165) is 19.3 Å². The lowest BCUT2D eigenvalue weighted by molar-refractivity contribution is 0.0506. The minimum Gasteiger partial charge on any atom is -0.474 e. The minimum atomic E-state index is -0.568. The third-order valence-corrected chi connectivity index (χ3v) is 2.89.